The fourth-order valence-electron chi connectivity index (χ4n) is 2.82. The molecule has 30 heavy (non-hydrogen) atoms. The van der Waals surface area contributed by atoms with Crippen LogP contribution in [-0.4, -0.2) is 49.2 Å². The molecule has 3 aromatic heterocycles. The Morgan fingerprint density at radius 2 is 2.00 bits per heavy atom. The normalized spacial score (nSPS) is 11.1. The Bertz CT molecular complexity index is 1240. The van der Waals surface area contributed by atoms with E-state index in [4.69, 9.17) is 32.7 Å². The summed E-state index contributed by atoms with van der Waals surface area (Å²) in [6.45, 7) is 2.47. The van der Waals surface area contributed by atoms with Gasteiger partial charge in [-0.15, -0.1) is 0 Å². The zero-order valence-corrected chi connectivity index (χ0v) is 17.6. The van der Waals surface area contributed by atoms with Crippen LogP contribution in [0, 0.1) is 0 Å². The molecule has 0 bridgehead atoms. The van der Waals surface area contributed by atoms with Gasteiger partial charge in [-0.3, -0.25) is 4.68 Å². The third kappa shape index (κ3) is 3.94. The minimum absolute atomic E-state index is 0.240. The van der Waals surface area contributed by atoms with Crippen LogP contribution < -0.4 is 4.74 Å². The maximum Gasteiger partial charge on any atom is 0.341 e. The number of ether oxygens (including phenoxy) is 2. The van der Waals surface area contributed by atoms with Crippen LogP contribution in [-0.2, 0) is 11.3 Å². The lowest BCUT2D eigenvalue weighted by atomic mass is 10.2. The zero-order chi connectivity index (χ0) is 21.3. The number of carbonyl (C=O) groups excluding carboxylic acids is 1. The molecule has 0 saturated carbocycles. The van der Waals surface area contributed by atoms with Gasteiger partial charge in [0.1, 0.15) is 5.52 Å². The van der Waals surface area contributed by atoms with E-state index in [9.17, 15) is 4.79 Å². The van der Waals surface area contributed by atoms with Gasteiger partial charge in [0.2, 0.25) is 5.88 Å². The van der Waals surface area contributed by atoms with Gasteiger partial charge in [0.15, 0.2) is 5.52 Å². The first-order chi connectivity index (χ1) is 14.5. The number of halogens is 2. The van der Waals surface area contributed by atoms with Crippen molar-refractivity contribution in [3.63, 3.8) is 0 Å². The van der Waals surface area contributed by atoms with Crippen LogP contribution in [0.2, 0.25) is 10.0 Å². The molecular weight excluding hydrogens is 431 g/mol. The Hall–Kier alpha value is -3.17. The van der Waals surface area contributed by atoms with Crippen LogP contribution in [0.3, 0.4) is 0 Å². The highest BCUT2D eigenvalue weighted by atomic mass is 35.5. The summed E-state index contributed by atoms with van der Waals surface area (Å²) >= 11 is 12.1. The lowest BCUT2D eigenvalue weighted by Crippen LogP contribution is -2.05. The molecular formula is C19H16Cl2N6O3. The maximum atomic E-state index is 11.9. The van der Waals surface area contributed by atoms with E-state index in [1.807, 2.05) is 6.07 Å². The van der Waals surface area contributed by atoms with E-state index in [1.165, 1.54) is 24.2 Å². The summed E-state index contributed by atoms with van der Waals surface area (Å²) in [5.74, 6) is 0.0614. The van der Waals surface area contributed by atoms with E-state index in [0.717, 1.165) is 5.56 Å². The van der Waals surface area contributed by atoms with Gasteiger partial charge in [0.25, 0.3) is 5.95 Å². The van der Waals surface area contributed by atoms with Gasteiger partial charge < -0.3 is 9.47 Å². The molecule has 0 aliphatic carbocycles. The van der Waals surface area contributed by atoms with E-state index in [2.05, 4.69) is 20.2 Å². The number of rotatable bonds is 6. The quantitative estimate of drug-likeness (QED) is 0.417. The van der Waals surface area contributed by atoms with Crippen molar-refractivity contribution >= 4 is 40.2 Å². The SMILES string of the molecule is CCOC(=O)c1cnn(-c2nc(OC)c3nn(Cc4ccc(Cl)c(Cl)c4)cc3n2)c1. The van der Waals surface area contributed by atoms with E-state index in [1.54, 1.807) is 29.9 Å². The van der Waals surface area contributed by atoms with Gasteiger partial charge >= 0.3 is 5.97 Å². The number of benzene rings is 1. The Kier molecular flexibility index (Phi) is 5.56. The van der Waals surface area contributed by atoms with Gasteiger partial charge in [-0.25, -0.2) is 14.5 Å². The minimum atomic E-state index is -0.466. The number of fused-ring (bicyclic) bond motifs is 1. The van der Waals surface area contributed by atoms with Gasteiger partial charge in [0.05, 0.1) is 48.3 Å². The number of methoxy groups -OCH3 is 1. The summed E-state index contributed by atoms with van der Waals surface area (Å²) in [6.07, 6.45) is 4.66. The highest BCUT2D eigenvalue weighted by Gasteiger charge is 2.16. The summed E-state index contributed by atoms with van der Waals surface area (Å²) in [5.41, 5.74) is 2.29. The van der Waals surface area contributed by atoms with Crippen molar-refractivity contribution in [2.75, 3.05) is 13.7 Å². The van der Waals surface area contributed by atoms with Crippen molar-refractivity contribution in [1.29, 1.82) is 0 Å². The molecule has 0 spiro atoms. The van der Waals surface area contributed by atoms with Crippen molar-refractivity contribution < 1.29 is 14.3 Å². The number of hydrogen-bond acceptors (Lipinski definition) is 7. The summed E-state index contributed by atoms with van der Waals surface area (Å²) < 4.78 is 13.4. The molecule has 0 saturated heterocycles. The van der Waals surface area contributed by atoms with Gasteiger partial charge in [-0.2, -0.15) is 15.2 Å². The first-order valence-corrected chi connectivity index (χ1v) is 9.69. The Balaban J connectivity index is 1.68. The molecule has 3 heterocycles. The number of esters is 1. The summed E-state index contributed by atoms with van der Waals surface area (Å²) in [4.78, 5) is 20.7. The molecule has 0 aliphatic rings. The predicted octanol–water partition coefficient (Wildman–Crippen LogP) is 3.55. The second kappa shape index (κ2) is 8.29. The van der Waals surface area contributed by atoms with Gasteiger partial charge in [0, 0.05) is 6.20 Å². The molecule has 0 unspecified atom stereocenters. The second-order valence-electron chi connectivity index (χ2n) is 6.24. The molecule has 4 aromatic rings. The van der Waals surface area contributed by atoms with Crippen LogP contribution in [0.4, 0.5) is 0 Å². The molecule has 0 atom stereocenters. The van der Waals surface area contributed by atoms with E-state index < -0.39 is 5.97 Å². The number of carbonyl (C=O) groups is 1. The molecule has 0 aliphatic heterocycles. The lowest BCUT2D eigenvalue weighted by molar-refractivity contribution is 0.0526. The Labute approximate surface area is 181 Å². The van der Waals surface area contributed by atoms with E-state index in [-0.39, 0.29) is 18.4 Å². The van der Waals surface area contributed by atoms with Crippen LogP contribution >= 0.6 is 23.2 Å². The first kappa shape index (κ1) is 20.1. The molecule has 11 heteroatoms. The average Bonchev–Trinajstić information content (AvgIpc) is 3.37. The number of nitrogens with zero attached hydrogens (tertiary/aromatic N) is 6. The second-order valence-corrected chi connectivity index (χ2v) is 7.05. The van der Waals surface area contributed by atoms with Crippen LogP contribution in [0.5, 0.6) is 5.88 Å². The van der Waals surface area contributed by atoms with Crippen molar-refractivity contribution in [2.45, 2.75) is 13.5 Å². The third-order valence-corrected chi connectivity index (χ3v) is 4.93. The van der Waals surface area contributed by atoms with E-state index >= 15 is 0 Å². The lowest BCUT2D eigenvalue weighted by Gasteiger charge is -2.03. The monoisotopic (exact) mass is 446 g/mol. The molecule has 4 rings (SSSR count). The molecule has 1 aromatic carbocycles. The Morgan fingerprint density at radius 3 is 2.73 bits per heavy atom. The predicted molar refractivity (Wildman–Crippen MR) is 111 cm³/mol. The Morgan fingerprint density at radius 1 is 1.17 bits per heavy atom. The zero-order valence-electron chi connectivity index (χ0n) is 16.0. The molecule has 154 valence electrons. The van der Waals surface area contributed by atoms with Crippen molar-refractivity contribution in [3.8, 4) is 11.8 Å². The van der Waals surface area contributed by atoms with Crippen LogP contribution in [0.25, 0.3) is 17.0 Å². The number of aromatic nitrogens is 6. The van der Waals surface area contributed by atoms with E-state index in [0.29, 0.717) is 33.2 Å². The summed E-state index contributed by atoms with van der Waals surface area (Å²) in [6, 6.07) is 5.39. The highest BCUT2D eigenvalue weighted by molar-refractivity contribution is 6.42. The summed E-state index contributed by atoms with van der Waals surface area (Å²) in [5, 5.41) is 9.62. The maximum absolute atomic E-state index is 11.9. The summed E-state index contributed by atoms with van der Waals surface area (Å²) in [7, 11) is 1.50. The largest absolute Gasteiger partial charge is 0.479 e. The fraction of sp³-hybridized carbons (Fsp3) is 0.211. The highest BCUT2D eigenvalue weighted by Crippen LogP contribution is 2.25. The standard InChI is InChI=1S/C19H16Cl2N6O3/c1-3-30-18(28)12-7-22-27(9-12)19-23-15-10-26(25-16(15)17(24-19)29-2)8-11-4-5-13(20)14(21)6-11/h4-7,9-10H,3,8H2,1-2H3. The van der Waals surface area contributed by atoms with Crippen LogP contribution in [0.1, 0.15) is 22.8 Å². The smallest absolute Gasteiger partial charge is 0.341 e. The van der Waals surface area contributed by atoms with Gasteiger partial charge in [-0.1, -0.05) is 29.3 Å². The minimum Gasteiger partial charge on any atom is -0.479 e. The topological polar surface area (TPSA) is 97.0 Å². The first-order valence-electron chi connectivity index (χ1n) is 8.93. The molecule has 0 fully saturated rings. The van der Waals surface area contributed by atoms with Gasteiger partial charge in [-0.05, 0) is 24.6 Å². The molecule has 0 radical (unpaired) electrons. The third-order valence-electron chi connectivity index (χ3n) is 4.19. The molecule has 0 N–H and O–H groups in total. The van der Waals surface area contributed by atoms with Crippen LogP contribution in [0.15, 0.2) is 36.8 Å². The molecule has 0 amide bonds. The van der Waals surface area contributed by atoms with Crippen molar-refractivity contribution in [1.82, 2.24) is 29.5 Å². The van der Waals surface area contributed by atoms with Crippen molar-refractivity contribution in [2.24, 2.45) is 0 Å². The average molecular weight is 447 g/mol. The van der Waals surface area contributed by atoms with Crippen molar-refractivity contribution in [3.05, 3.63) is 58.0 Å². The molecule has 9 nitrogen and oxygen atoms in total. The fourth-order valence-corrected chi connectivity index (χ4v) is 3.15. The number of hydrogen-bond donors (Lipinski definition) is 0.